The van der Waals surface area contributed by atoms with Crippen LogP contribution >= 0.6 is 0 Å². The van der Waals surface area contributed by atoms with Gasteiger partial charge in [0.15, 0.2) is 0 Å². The Morgan fingerprint density at radius 1 is 1.09 bits per heavy atom. The molecule has 0 aliphatic heterocycles. The van der Waals surface area contributed by atoms with Crippen molar-refractivity contribution in [1.29, 1.82) is 0 Å². The van der Waals surface area contributed by atoms with Crippen molar-refractivity contribution in [3.05, 3.63) is 84.0 Å². The van der Waals surface area contributed by atoms with Crippen LogP contribution in [0.15, 0.2) is 67.3 Å². The Kier molecular flexibility index (Phi) is 6.85. The summed E-state index contributed by atoms with van der Waals surface area (Å²) in [5.41, 5.74) is 8.37. The van der Waals surface area contributed by atoms with Crippen molar-refractivity contribution >= 4 is 11.1 Å². The number of rotatable bonds is 7. The molecule has 116 valence electrons. The number of hydrogen-bond acceptors (Lipinski definition) is 0. The van der Waals surface area contributed by atoms with E-state index in [0.29, 0.717) is 0 Å². The molecule has 0 aliphatic rings. The van der Waals surface area contributed by atoms with E-state index in [1.165, 1.54) is 33.4 Å². The van der Waals surface area contributed by atoms with Crippen molar-refractivity contribution in [3.63, 3.8) is 0 Å². The summed E-state index contributed by atoms with van der Waals surface area (Å²) in [6.45, 7) is 20.4. The van der Waals surface area contributed by atoms with Crippen LogP contribution in [0.25, 0.3) is 11.1 Å². The van der Waals surface area contributed by atoms with Gasteiger partial charge in [-0.3, -0.25) is 0 Å². The van der Waals surface area contributed by atoms with Gasteiger partial charge in [-0.25, -0.2) is 0 Å². The van der Waals surface area contributed by atoms with Gasteiger partial charge >= 0.3 is 0 Å². The summed E-state index contributed by atoms with van der Waals surface area (Å²) < 4.78 is 0. The molecule has 1 aromatic rings. The van der Waals surface area contributed by atoms with Crippen LogP contribution in [0.1, 0.15) is 50.3 Å². The van der Waals surface area contributed by atoms with Gasteiger partial charge in [0, 0.05) is 0 Å². The molecule has 1 rings (SSSR count). The summed E-state index contributed by atoms with van der Waals surface area (Å²) in [5, 5.41) is 0. The van der Waals surface area contributed by atoms with Crippen LogP contribution in [0.3, 0.4) is 0 Å². The molecule has 0 aromatic heterocycles. The largest absolute Gasteiger partial charge is 0.100 e. The molecule has 1 aromatic carbocycles. The first-order valence-corrected chi connectivity index (χ1v) is 7.78. The molecular weight excluding hydrogens is 264 g/mol. The van der Waals surface area contributed by atoms with E-state index in [1.54, 1.807) is 0 Å². The van der Waals surface area contributed by atoms with E-state index in [9.17, 15) is 0 Å². The van der Waals surface area contributed by atoms with Gasteiger partial charge in [0.05, 0.1) is 0 Å². The highest BCUT2D eigenvalue weighted by molar-refractivity contribution is 5.79. The number of hydrogen-bond donors (Lipinski definition) is 0. The van der Waals surface area contributed by atoms with Gasteiger partial charge in [-0.2, -0.15) is 0 Å². The number of benzene rings is 1. The number of aryl methyl sites for hydroxylation is 1. The molecule has 0 heteroatoms. The van der Waals surface area contributed by atoms with Crippen molar-refractivity contribution in [2.24, 2.45) is 0 Å². The zero-order valence-electron chi connectivity index (χ0n) is 14.5. The van der Waals surface area contributed by atoms with Crippen molar-refractivity contribution in [2.45, 2.75) is 40.5 Å². The monoisotopic (exact) mass is 292 g/mol. The van der Waals surface area contributed by atoms with Crippen LogP contribution in [-0.4, -0.2) is 0 Å². The van der Waals surface area contributed by atoms with Gasteiger partial charge in [0.25, 0.3) is 0 Å². The van der Waals surface area contributed by atoms with Crippen LogP contribution in [0.2, 0.25) is 0 Å². The Labute approximate surface area is 136 Å². The molecule has 0 N–H and O–H groups in total. The predicted molar refractivity (Wildman–Crippen MR) is 102 cm³/mol. The maximum atomic E-state index is 4.21. The van der Waals surface area contributed by atoms with E-state index in [1.807, 2.05) is 13.8 Å². The van der Waals surface area contributed by atoms with Crippen molar-refractivity contribution in [3.8, 4) is 0 Å². The van der Waals surface area contributed by atoms with Crippen LogP contribution in [0, 0.1) is 6.92 Å². The molecule has 0 saturated carbocycles. The van der Waals surface area contributed by atoms with E-state index in [2.05, 4.69) is 70.0 Å². The lowest BCUT2D eigenvalue weighted by molar-refractivity contribution is 0.999. The molecule has 0 atom stereocenters. The third kappa shape index (κ3) is 5.37. The molecule has 0 unspecified atom stereocenters. The molecular formula is C22H28. The van der Waals surface area contributed by atoms with Gasteiger partial charge in [-0.15, -0.1) is 6.58 Å². The summed E-state index contributed by atoms with van der Waals surface area (Å²) >= 11 is 0. The third-order valence-electron chi connectivity index (χ3n) is 3.55. The minimum absolute atomic E-state index is 0.970. The second-order valence-electron chi connectivity index (χ2n) is 6.04. The fraction of sp³-hybridized carbons (Fsp3) is 0.273. The summed E-state index contributed by atoms with van der Waals surface area (Å²) in [5.74, 6) is 0. The minimum atomic E-state index is 0.970. The molecule has 0 fully saturated rings. The quantitative estimate of drug-likeness (QED) is 0.379. The van der Waals surface area contributed by atoms with Gasteiger partial charge in [0.1, 0.15) is 0 Å². The fourth-order valence-corrected chi connectivity index (χ4v) is 2.38. The minimum Gasteiger partial charge on any atom is -0.100 e. The maximum absolute atomic E-state index is 4.21. The van der Waals surface area contributed by atoms with Gasteiger partial charge in [-0.05, 0) is 68.4 Å². The second-order valence-corrected chi connectivity index (χ2v) is 6.04. The van der Waals surface area contributed by atoms with Crippen LogP contribution < -0.4 is 0 Å². The average molecular weight is 292 g/mol. The first-order chi connectivity index (χ1) is 10.3. The van der Waals surface area contributed by atoms with E-state index >= 15 is 0 Å². The lowest BCUT2D eigenvalue weighted by Gasteiger charge is -2.12. The molecule has 0 amide bonds. The van der Waals surface area contributed by atoms with E-state index < -0.39 is 0 Å². The molecule has 0 radical (unpaired) electrons. The average Bonchev–Trinajstić information content (AvgIpc) is 2.43. The van der Waals surface area contributed by atoms with Crippen molar-refractivity contribution < 1.29 is 0 Å². The highest BCUT2D eigenvalue weighted by Crippen LogP contribution is 2.27. The van der Waals surface area contributed by atoms with Crippen LogP contribution in [0.4, 0.5) is 0 Å². The van der Waals surface area contributed by atoms with E-state index in [0.717, 1.165) is 18.4 Å². The summed E-state index contributed by atoms with van der Waals surface area (Å²) in [7, 11) is 0. The SMILES string of the molecule is C=C(C)/C=C(\C=C/C)c1ccc(C(=C)CCC(=C)C)cc1C. The zero-order chi connectivity index (χ0) is 16.7. The first kappa shape index (κ1) is 18.0. The van der Waals surface area contributed by atoms with Crippen molar-refractivity contribution in [2.75, 3.05) is 0 Å². The lowest BCUT2D eigenvalue weighted by atomic mass is 9.93. The first-order valence-electron chi connectivity index (χ1n) is 7.78. The predicted octanol–water partition coefficient (Wildman–Crippen LogP) is 6.90. The van der Waals surface area contributed by atoms with Crippen LogP contribution in [-0.2, 0) is 0 Å². The number of allylic oxidation sites excluding steroid dienone is 7. The van der Waals surface area contributed by atoms with E-state index in [4.69, 9.17) is 0 Å². The Morgan fingerprint density at radius 2 is 1.77 bits per heavy atom. The van der Waals surface area contributed by atoms with E-state index in [-0.39, 0.29) is 0 Å². The Bertz CT molecular complexity index is 636. The molecule has 0 saturated heterocycles. The zero-order valence-corrected chi connectivity index (χ0v) is 14.5. The van der Waals surface area contributed by atoms with Crippen LogP contribution in [0.5, 0.6) is 0 Å². The highest BCUT2D eigenvalue weighted by atomic mass is 14.1. The molecule has 0 nitrogen and oxygen atoms in total. The highest BCUT2D eigenvalue weighted by Gasteiger charge is 2.06. The Balaban J connectivity index is 3.09. The fourth-order valence-electron chi connectivity index (χ4n) is 2.38. The van der Waals surface area contributed by atoms with Gasteiger partial charge in [-0.1, -0.05) is 60.7 Å². The Hall–Kier alpha value is -2.08. The van der Waals surface area contributed by atoms with Gasteiger partial charge in [0.2, 0.25) is 0 Å². The molecule has 22 heavy (non-hydrogen) atoms. The molecule has 0 bridgehead atoms. The maximum Gasteiger partial charge on any atom is -0.0154 e. The standard InChI is InChI=1S/C22H28/c1-8-9-21(14-17(4)5)22-13-12-20(15-19(22)7)18(6)11-10-16(2)3/h8-9,12-15H,2,4,6,10-11H2,1,3,5,7H3/b9-8-,21-14+. The topological polar surface area (TPSA) is 0 Å². The van der Waals surface area contributed by atoms with Gasteiger partial charge < -0.3 is 0 Å². The summed E-state index contributed by atoms with van der Waals surface area (Å²) in [4.78, 5) is 0. The lowest BCUT2D eigenvalue weighted by Crippen LogP contribution is -1.91. The molecule has 0 aliphatic carbocycles. The molecule has 0 spiro atoms. The smallest absolute Gasteiger partial charge is 0.0154 e. The second kappa shape index (κ2) is 8.38. The Morgan fingerprint density at radius 3 is 2.27 bits per heavy atom. The van der Waals surface area contributed by atoms with Crippen molar-refractivity contribution in [1.82, 2.24) is 0 Å². The summed E-state index contributed by atoms with van der Waals surface area (Å²) in [6.07, 6.45) is 8.29. The summed E-state index contributed by atoms with van der Waals surface area (Å²) in [6, 6.07) is 6.58. The third-order valence-corrected chi connectivity index (χ3v) is 3.55. The molecule has 0 heterocycles. The normalized spacial score (nSPS) is 11.7.